The summed E-state index contributed by atoms with van der Waals surface area (Å²) < 4.78 is 0. The van der Waals surface area contributed by atoms with Crippen LogP contribution < -0.4 is 5.32 Å². The predicted molar refractivity (Wildman–Crippen MR) is 61.6 cm³/mol. The summed E-state index contributed by atoms with van der Waals surface area (Å²) in [4.78, 5) is 28.9. The normalized spacial score (nSPS) is 10.0. The fraction of sp³-hybridized carbons (Fsp3) is 0. The maximum absolute atomic E-state index is 11.7. The second-order valence-corrected chi connectivity index (χ2v) is 3.45. The smallest absolute Gasteiger partial charge is 0.337 e. The average Bonchev–Trinajstić information content (AvgIpc) is 2.84. The number of phenolic OH excluding ortho intramolecular Hbond substituents is 1. The number of aromatic hydroxyl groups is 1. The average molecular weight is 247 g/mol. The molecule has 0 saturated heterocycles. The number of nitrogens with zero attached hydrogens (tertiary/aromatic N) is 1. The van der Waals surface area contributed by atoms with Gasteiger partial charge in [-0.3, -0.25) is 4.79 Å². The number of carboxylic acid groups (broad SMARTS) is 1. The van der Waals surface area contributed by atoms with E-state index in [1.165, 1.54) is 24.7 Å². The number of aromatic amines is 1. The molecule has 0 aliphatic carbocycles. The van der Waals surface area contributed by atoms with Crippen molar-refractivity contribution in [3.8, 4) is 5.75 Å². The van der Waals surface area contributed by atoms with Crippen LogP contribution in [0.15, 0.2) is 30.7 Å². The molecule has 7 nitrogen and oxygen atoms in total. The van der Waals surface area contributed by atoms with Crippen LogP contribution in [0.1, 0.15) is 20.8 Å². The molecule has 1 heterocycles. The molecule has 0 fully saturated rings. The van der Waals surface area contributed by atoms with Crippen LogP contribution in [0.4, 0.5) is 5.69 Å². The molecule has 2 aromatic rings. The molecule has 1 amide bonds. The minimum absolute atomic E-state index is 0.0971. The van der Waals surface area contributed by atoms with E-state index in [-0.39, 0.29) is 22.7 Å². The third-order valence-electron chi connectivity index (χ3n) is 2.22. The molecule has 7 heteroatoms. The Balaban J connectivity index is 2.29. The van der Waals surface area contributed by atoms with Gasteiger partial charge in [0.1, 0.15) is 11.4 Å². The maximum atomic E-state index is 11.7. The number of phenols is 1. The number of carbonyl (C=O) groups excluding carboxylic acids is 1. The molecular formula is C11H9N3O4. The molecule has 1 aromatic heterocycles. The first kappa shape index (κ1) is 11.6. The molecule has 0 spiro atoms. The molecule has 0 aliphatic rings. The van der Waals surface area contributed by atoms with Gasteiger partial charge < -0.3 is 20.5 Å². The lowest BCUT2D eigenvalue weighted by molar-refractivity contribution is 0.0697. The number of aromatic carboxylic acids is 1. The number of anilines is 1. The Morgan fingerprint density at radius 3 is 2.72 bits per heavy atom. The zero-order chi connectivity index (χ0) is 13.1. The first-order valence-electron chi connectivity index (χ1n) is 4.94. The number of carboxylic acids is 1. The number of nitrogens with one attached hydrogen (secondary N) is 2. The number of hydrogen-bond donors (Lipinski definition) is 4. The number of imidazole rings is 1. The molecule has 1 aromatic carbocycles. The summed E-state index contributed by atoms with van der Waals surface area (Å²) in [6.07, 6.45) is 2.65. The maximum Gasteiger partial charge on any atom is 0.337 e. The van der Waals surface area contributed by atoms with E-state index in [1.54, 1.807) is 0 Å². The van der Waals surface area contributed by atoms with Gasteiger partial charge in [-0.15, -0.1) is 0 Å². The summed E-state index contributed by atoms with van der Waals surface area (Å²) in [5.41, 5.74) is 0.113. The van der Waals surface area contributed by atoms with Gasteiger partial charge in [-0.2, -0.15) is 0 Å². The van der Waals surface area contributed by atoms with E-state index in [1.807, 2.05) is 0 Å². The molecule has 0 aliphatic heterocycles. The lowest BCUT2D eigenvalue weighted by Crippen LogP contribution is -2.15. The van der Waals surface area contributed by atoms with Crippen LogP contribution in [0.25, 0.3) is 0 Å². The van der Waals surface area contributed by atoms with Crippen LogP contribution >= 0.6 is 0 Å². The van der Waals surface area contributed by atoms with Gasteiger partial charge >= 0.3 is 5.97 Å². The van der Waals surface area contributed by atoms with Gasteiger partial charge in [-0.05, 0) is 18.2 Å². The molecule has 92 valence electrons. The van der Waals surface area contributed by atoms with Crippen molar-refractivity contribution in [2.45, 2.75) is 0 Å². The van der Waals surface area contributed by atoms with Gasteiger partial charge in [-0.1, -0.05) is 0 Å². The number of amides is 1. The number of rotatable bonds is 3. The van der Waals surface area contributed by atoms with E-state index < -0.39 is 11.9 Å². The van der Waals surface area contributed by atoms with Crippen LogP contribution in [0.5, 0.6) is 5.75 Å². The largest absolute Gasteiger partial charge is 0.508 e. The molecule has 18 heavy (non-hydrogen) atoms. The molecule has 0 saturated carbocycles. The Bertz CT molecular complexity index is 592. The summed E-state index contributed by atoms with van der Waals surface area (Å²) in [7, 11) is 0. The minimum atomic E-state index is -1.24. The minimum Gasteiger partial charge on any atom is -0.508 e. The third kappa shape index (κ3) is 2.29. The van der Waals surface area contributed by atoms with E-state index in [4.69, 9.17) is 5.11 Å². The van der Waals surface area contributed by atoms with Crippen molar-refractivity contribution in [2.24, 2.45) is 0 Å². The van der Waals surface area contributed by atoms with Crippen molar-refractivity contribution in [3.63, 3.8) is 0 Å². The van der Waals surface area contributed by atoms with Crippen LogP contribution in [0.2, 0.25) is 0 Å². The molecular weight excluding hydrogens is 238 g/mol. The first-order chi connectivity index (χ1) is 8.58. The van der Waals surface area contributed by atoms with E-state index in [9.17, 15) is 14.7 Å². The number of aromatic nitrogens is 2. The van der Waals surface area contributed by atoms with E-state index in [2.05, 4.69) is 15.3 Å². The summed E-state index contributed by atoms with van der Waals surface area (Å²) in [6, 6.07) is 3.66. The van der Waals surface area contributed by atoms with Crippen LogP contribution in [0, 0.1) is 0 Å². The SMILES string of the molecule is O=C(Nc1ccc(O)cc1C(=O)O)c1cnc[nH]1. The highest BCUT2D eigenvalue weighted by molar-refractivity contribution is 6.06. The third-order valence-corrected chi connectivity index (χ3v) is 2.22. The Morgan fingerprint density at radius 1 is 1.33 bits per heavy atom. The zero-order valence-electron chi connectivity index (χ0n) is 9.04. The highest BCUT2D eigenvalue weighted by Gasteiger charge is 2.14. The van der Waals surface area contributed by atoms with Crippen molar-refractivity contribution in [1.82, 2.24) is 9.97 Å². The first-order valence-corrected chi connectivity index (χ1v) is 4.94. The Morgan fingerprint density at radius 2 is 2.11 bits per heavy atom. The van der Waals surface area contributed by atoms with Crippen molar-refractivity contribution < 1.29 is 19.8 Å². The quantitative estimate of drug-likeness (QED) is 0.605. The summed E-state index contributed by atoms with van der Waals surface area (Å²) in [6.45, 7) is 0. The number of H-pyrrole nitrogens is 1. The van der Waals surface area contributed by atoms with Crippen LogP contribution in [-0.2, 0) is 0 Å². The topological polar surface area (TPSA) is 115 Å². The van der Waals surface area contributed by atoms with Crippen LogP contribution in [0.3, 0.4) is 0 Å². The Labute approximate surface area is 101 Å². The van der Waals surface area contributed by atoms with Crippen LogP contribution in [-0.4, -0.2) is 32.1 Å². The summed E-state index contributed by atoms with van der Waals surface area (Å²) in [5.74, 6) is -1.95. The predicted octanol–water partition coefficient (Wildman–Crippen LogP) is 1.07. The molecule has 2 rings (SSSR count). The standard InChI is InChI=1S/C11H9N3O4/c15-6-1-2-8(7(3-6)11(17)18)14-10(16)9-4-12-5-13-9/h1-5,15H,(H,12,13)(H,14,16)(H,17,18). The van der Waals surface area contributed by atoms with Crippen molar-refractivity contribution in [3.05, 3.63) is 42.0 Å². The summed E-state index contributed by atoms with van der Waals surface area (Å²) in [5, 5.41) is 20.6. The number of hydrogen-bond acceptors (Lipinski definition) is 4. The Kier molecular flexibility index (Phi) is 2.96. The van der Waals surface area contributed by atoms with Crippen molar-refractivity contribution in [2.75, 3.05) is 5.32 Å². The molecule has 0 atom stereocenters. The lowest BCUT2D eigenvalue weighted by atomic mass is 10.1. The van der Waals surface area contributed by atoms with Crippen molar-refractivity contribution >= 4 is 17.6 Å². The van der Waals surface area contributed by atoms with Gasteiger partial charge in [0.2, 0.25) is 0 Å². The second kappa shape index (κ2) is 4.58. The van der Waals surface area contributed by atoms with Gasteiger partial charge in [0, 0.05) is 0 Å². The molecule has 4 N–H and O–H groups in total. The highest BCUT2D eigenvalue weighted by Crippen LogP contribution is 2.21. The number of carbonyl (C=O) groups is 2. The molecule has 0 radical (unpaired) electrons. The van der Waals surface area contributed by atoms with Crippen molar-refractivity contribution in [1.29, 1.82) is 0 Å². The second-order valence-electron chi connectivity index (χ2n) is 3.45. The summed E-state index contributed by atoms with van der Waals surface area (Å²) >= 11 is 0. The number of benzene rings is 1. The molecule has 0 bridgehead atoms. The Hall–Kier alpha value is -2.83. The monoisotopic (exact) mass is 247 g/mol. The van der Waals surface area contributed by atoms with E-state index in [0.717, 1.165) is 6.07 Å². The van der Waals surface area contributed by atoms with Gasteiger partial charge in [0.05, 0.1) is 23.8 Å². The fourth-order valence-corrected chi connectivity index (χ4v) is 1.39. The van der Waals surface area contributed by atoms with E-state index in [0.29, 0.717) is 0 Å². The highest BCUT2D eigenvalue weighted by atomic mass is 16.4. The van der Waals surface area contributed by atoms with E-state index >= 15 is 0 Å². The van der Waals surface area contributed by atoms with Gasteiger partial charge in [0.15, 0.2) is 0 Å². The fourth-order valence-electron chi connectivity index (χ4n) is 1.39. The zero-order valence-corrected chi connectivity index (χ0v) is 9.04. The lowest BCUT2D eigenvalue weighted by Gasteiger charge is -2.07. The molecule has 0 unspecified atom stereocenters. The van der Waals surface area contributed by atoms with Gasteiger partial charge in [-0.25, -0.2) is 9.78 Å². The van der Waals surface area contributed by atoms with Gasteiger partial charge in [0.25, 0.3) is 5.91 Å².